The van der Waals surface area contributed by atoms with Crippen molar-refractivity contribution < 1.29 is 14.6 Å². The van der Waals surface area contributed by atoms with E-state index < -0.39 is 0 Å². The highest BCUT2D eigenvalue weighted by atomic mass is 16.5. The van der Waals surface area contributed by atoms with Crippen molar-refractivity contribution in [3.8, 4) is 28.4 Å². The molecule has 3 aromatic rings. The molecular weight excluding hydrogens is 400 g/mol. The third kappa shape index (κ3) is 5.79. The molecule has 0 atom stereocenters. The van der Waals surface area contributed by atoms with Crippen molar-refractivity contribution in [2.75, 3.05) is 13.2 Å². The number of hydrogen-bond acceptors (Lipinski definition) is 4. The highest BCUT2D eigenvalue weighted by molar-refractivity contribution is 5.95. The van der Waals surface area contributed by atoms with Gasteiger partial charge in [-0.05, 0) is 59.9 Å². The summed E-state index contributed by atoms with van der Waals surface area (Å²) in [5, 5.41) is 17.2. The van der Waals surface area contributed by atoms with Crippen LogP contribution in [0.3, 0.4) is 0 Å². The van der Waals surface area contributed by atoms with Gasteiger partial charge in [-0.25, -0.2) is 0 Å². The summed E-state index contributed by atoms with van der Waals surface area (Å²) in [4.78, 5) is 0. The van der Waals surface area contributed by atoms with Gasteiger partial charge in [0.05, 0.1) is 0 Å². The molecule has 0 aliphatic carbocycles. The van der Waals surface area contributed by atoms with Gasteiger partial charge in [0, 0.05) is 11.1 Å². The Balaban J connectivity index is 1.67. The summed E-state index contributed by atoms with van der Waals surface area (Å²) < 4.78 is 11.8. The maximum Gasteiger partial charge on any atom is 0.123 e. The van der Waals surface area contributed by atoms with Gasteiger partial charge in [-0.15, -0.1) is 13.2 Å². The molecule has 0 fully saturated rings. The van der Waals surface area contributed by atoms with Crippen LogP contribution in [0.1, 0.15) is 16.7 Å². The Hall–Kier alpha value is -3.99. The SMILES string of the molecule is C=CCc1cc(O)ccc1OCCOc1ccc(-c2ccc(C(=N)N)cc2)cc1CC=C. The zero-order valence-corrected chi connectivity index (χ0v) is 18.0. The first-order valence-corrected chi connectivity index (χ1v) is 10.4. The first-order chi connectivity index (χ1) is 15.5. The number of ether oxygens (including phenoxy) is 2. The van der Waals surface area contributed by atoms with Gasteiger partial charge in [0.2, 0.25) is 0 Å². The lowest BCUT2D eigenvalue weighted by atomic mass is 9.99. The van der Waals surface area contributed by atoms with Crippen molar-refractivity contribution in [3.63, 3.8) is 0 Å². The first kappa shape index (κ1) is 22.7. The van der Waals surface area contributed by atoms with Crippen molar-refractivity contribution in [2.24, 2.45) is 5.73 Å². The Kier molecular flexibility index (Phi) is 7.70. The van der Waals surface area contributed by atoms with Gasteiger partial charge in [0.1, 0.15) is 36.3 Å². The lowest BCUT2D eigenvalue weighted by Crippen LogP contribution is -2.11. The molecule has 3 aromatic carbocycles. The van der Waals surface area contributed by atoms with E-state index >= 15 is 0 Å². The zero-order valence-electron chi connectivity index (χ0n) is 18.0. The molecule has 5 heteroatoms. The van der Waals surface area contributed by atoms with Crippen molar-refractivity contribution >= 4 is 5.84 Å². The lowest BCUT2D eigenvalue weighted by Gasteiger charge is -2.14. The Bertz CT molecular complexity index is 1100. The van der Waals surface area contributed by atoms with E-state index in [-0.39, 0.29) is 11.6 Å². The topological polar surface area (TPSA) is 88.6 Å². The van der Waals surface area contributed by atoms with Gasteiger partial charge in [0.15, 0.2) is 0 Å². The second-order valence-corrected chi connectivity index (χ2v) is 7.29. The first-order valence-electron chi connectivity index (χ1n) is 10.4. The highest BCUT2D eigenvalue weighted by Crippen LogP contribution is 2.28. The summed E-state index contributed by atoms with van der Waals surface area (Å²) in [5.74, 6) is 1.76. The van der Waals surface area contributed by atoms with Crippen LogP contribution in [0.5, 0.6) is 17.2 Å². The van der Waals surface area contributed by atoms with Crippen LogP contribution in [-0.4, -0.2) is 24.2 Å². The molecule has 0 aliphatic rings. The Labute approximate surface area is 188 Å². The van der Waals surface area contributed by atoms with Crippen LogP contribution in [0.2, 0.25) is 0 Å². The monoisotopic (exact) mass is 428 g/mol. The van der Waals surface area contributed by atoms with Crippen molar-refractivity contribution in [2.45, 2.75) is 12.8 Å². The summed E-state index contributed by atoms with van der Waals surface area (Å²) >= 11 is 0. The van der Waals surface area contributed by atoms with E-state index in [1.54, 1.807) is 24.3 Å². The van der Waals surface area contributed by atoms with Gasteiger partial charge >= 0.3 is 0 Å². The largest absolute Gasteiger partial charge is 0.508 e. The number of allylic oxidation sites excluding steroid dienone is 2. The summed E-state index contributed by atoms with van der Waals surface area (Å²) in [5.41, 5.74) is 10.2. The molecule has 0 aliphatic heterocycles. The minimum absolute atomic E-state index is 0.0544. The van der Waals surface area contributed by atoms with Gasteiger partial charge in [0.25, 0.3) is 0 Å². The fourth-order valence-electron chi connectivity index (χ4n) is 3.38. The maximum absolute atomic E-state index is 9.67. The van der Waals surface area contributed by atoms with E-state index in [0.29, 0.717) is 37.4 Å². The number of nitrogens with one attached hydrogen (secondary N) is 1. The van der Waals surface area contributed by atoms with Gasteiger partial charge in [-0.1, -0.05) is 42.5 Å². The average Bonchev–Trinajstić information content (AvgIpc) is 2.79. The fraction of sp³-hybridized carbons (Fsp3) is 0.148. The van der Waals surface area contributed by atoms with Gasteiger partial charge in [-0.3, -0.25) is 5.41 Å². The second-order valence-electron chi connectivity index (χ2n) is 7.29. The van der Waals surface area contributed by atoms with Crippen molar-refractivity contribution in [1.29, 1.82) is 5.41 Å². The molecule has 0 amide bonds. The Morgan fingerprint density at radius 3 is 1.91 bits per heavy atom. The summed E-state index contributed by atoms with van der Waals surface area (Å²) in [6.45, 7) is 8.35. The molecule has 0 saturated carbocycles. The molecule has 164 valence electrons. The van der Waals surface area contributed by atoms with E-state index in [1.807, 2.05) is 42.5 Å². The normalized spacial score (nSPS) is 10.4. The molecule has 0 radical (unpaired) electrons. The van der Waals surface area contributed by atoms with Crippen LogP contribution in [-0.2, 0) is 12.8 Å². The molecule has 5 nitrogen and oxygen atoms in total. The van der Waals surface area contributed by atoms with E-state index in [0.717, 1.165) is 28.0 Å². The quantitative estimate of drug-likeness (QED) is 0.168. The molecule has 3 rings (SSSR count). The van der Waals surface area contributed by atoms with E-state index in [4.69, 9.17) is 20.6 Å². The summed E-state index contributed by atoms with van der Waals surface area (Å²) in [7, 11) is 0. The van der Waals surface area contributed by atoms with Crippen LogP contribution in [0.25, 0.3) is 11.1 Å². The second kappa shape index (κ2) is 10.9. The number of rotatable bonds is 11. The average molecular weight is 429 g/mol. The van der Waals surface area contributed by atoms with Crippen molar-refractivity contribution in [3.05, 3.63) is 103 Å². The predicted molar refractivity (Wildman–Crippen MR) is 130 cm³/mol. The number of aromatic hydroxyl groups is 1. The van der Waals surface area contributed by atoms with Crippen LogP contribution < -0.4 is 15.2 Å². The number of phenols is 1. The number of amidine groups is 1. The predicted octanol–water partition coefficient (Wildman–Crippen LogP) is 5.26. The van der Waals surface area contributed by atoms with E-state index in [1.165, 1.54) is 0 Å². The van der Waals surface area contributed by atoms with Crippen LogP contribution in [0, 0.1) is 5.41 Å². The molecule has 0 saturated heterocycles. The minimum atomic E-state index is 0.0544. The molecular formula is C27H28N2O3. The molecule has 0 unspecified atom stereocenters. The zero-order chi connectivity index (χ0) is 22.9. The molecule has 0 spiro atoms. The van der Waals surface area contributed by atoms with E-state index in [9.17, 15) is 5.11 Å². The third-order valence-electron chi connectivity index (χ3n) is 4.96. The van der Waals surface area contributed by atoms with Crippen molar-refractivity contribution in [1.82, 2.24) is 0 Å². The van der Waals surface area contributed by atoms with Crippen LogP contribution >= 0.6 is 0 Å². The van der Waals surface area contributed by atoms with E-state index in [2.05, 4.69) is 19.2 Å². The minimum Gasteiger partial charge on any atom is -0.508 e. The Morgan fingerprint density at radius 2 is 1.34 bits per heavy atom. The standard InChI is InChI=1S/C27H28N2O3/c1-3-5-22-17-21(19-7-9-20(10-8-19)27(28)29)11-13-25(22)31-15-16-32-26-14-12-24(30)18-23(26)6-4-2/h3-4,7-14,17-18,30H,1-2,5-6,15-16H2,(H3,28,29). The van der Waals surface area contributed by atoms with Gasteiger partial charge in [-0.2, -0.15) is 0 Å². The molecule has 0 bridgehead atoms. The number of hydrogen-bond donors (Lipinski definition) is 3. The summed E-state index contributed by atoms with van der Waals surface area (Å²) in [6, 6.07) is 18.7. The Morgan fingerprint density at radius 1 is 0.812 bits per heavy atom. The fourth-order valence-corrected chi connectivity index (χ4v) is 3.38. The maximum atomic E-state index is 9.67. The molecule has 4 N–H and O–H groups in total. The molecule has 32 heavy (non-hydrogen) atoms. The summed E-state index contributed by atoms with van der Waals surface area (Å²) in [6.07, 6.45) is 4.91. The number of nitrogen functional groups attached to an aromatic ring is 1. The molecule has 0 heterocycles. The van der Waals surface area contributed by atoms with Crippen LogP contribution in [0.4, 0.5) is 0 Å². The number of benzene rings is 3. The highest BCUT2D eigenvalue weighted by Gasteiger charge is 2.08. The lowest BCUT2D eigenvalue weighted by molar-refractivity contribution is 0.215. The van der Waals surface area contributed by atoms with Crippen LogP contribution in [0.15, 0.2) is 86.0 Å². The number of phenolic OH excluding ortho intramolecular Hbond substituents is 1. The number of nitrogens with two attached hydrogens (primary N) is 1. The smallest absolute Gasteiger partial charge is 0.123 e. The third-order valence-corrected chi connectivity index (χ3v) is 4.96. The molecule has 0 aromatic heterocycles. The van der Waals surface area contributed by atoms with Gasteiger partial charge < -0.3 is 20.3 Å².